The summed E-state index contributed by atoms with van der Waals surface area (Å²) in [6.45, 7) is 6.62. The second kappa shape index (κ2) is 5.17. The van der Waals surface area contributed by atoms with Gasteiger partial charge in [0.1, 0.15) is 0 Å². The van der Waals surface area contributed by atoms with Crippen molar-refractivity contribution in [1.29, 1.82) is 0 Å². The maximum Gasteiger partial charge on any atom is 0.220 e. The van der Waals surface area contributed by atoms with E-state index in [4.69, 9.17) is 0 Å². The Morgan fingerprint density at radius 2 is 2.06 bits per heavy atom. The summed E-state index contributed by atoms with van der Waals surface area (Å²) in [7, 11) is 0. The second-order valence-electron chi connectivity index (χ2n) is 5.80. The Morgan fingerprint density at radius 1 is 1.31 bits per heavy atom. The topological polar surface area (TPSA) is 41.1 Å². The number of hydrogen-bond acceptors (Lipinski definition) is 2. The van der Waals surface area contributed by atoms with Crippen LogP contribution in [0.25, 0.3) is 0 Å². The zero-order valence-electron chi connectivity index (χ0n) is 10.5. The first kappa shape index (κ1) is 11.9. The largest absolute Gasteiger partial charge is 0.353 e. The fourth-order valence-corrected chi connectivity index (χ4v) is 2.90. The third-order valence-electron chi connectivity index (χ3n) is 4.12. The van der Waals surface area contributed by atoms with Crippen LogP contribution in [0, 0.1) is 17.8 Å². The minimum atomic E-state index is 0.262. The van der Waals surface area contributed by atoms with E-state index in [2.05, 4.69) is 24.5 Å². The molecule has 0 bridgehead atoms. The second-order valence-corrected chi connectivity index (χ2v) is 5.80. The van der Waals surface area contributed by atoms with E-state index in [1.807, 2.05) is 0 Å². The SMILES string of the molecule is CC1CCC(NC(=O)CC2CNC2)C(C)C1. The van der Waals surface area contributed by atoms with Crippen LogP contribution in [0.15, 0.2) is 0 Å². The smallest absolute Gasteiger partial charge is 0.220 e. The predicted molar refractivity (Wildman–Crippen MR) is 65.1 cm³/mol. The summed E-state index contributed by atoms with van der Waals surface area (Å²) in [6, 6.07) is 0.428. The molecule has 0 aromatic heterocycles. The molecule has 1 saturated heterocycles. The fraction of sp³-hybridized carbons (Fsp3) is 0.923. The average molecular weight is 224 g/mol. The predicted octanol–water partition coefficient (Wildman–Crippen LogP) is 1.54. The molecule has 3 unspecified atom stereocenters. The van der Waals surface area contributed by atoms with Crippen LogP contribution < -0.4 is 10.6 Å². The van der Waals surface area contributed by atoms with E-state index < -0.39 is 0 Å². The molecular formula is C13H24N2O. The van der Waals surface area contributed by atoms with Crippen LogP contribution in [-0.2, 0) is 4.79 Å². The van der Waals surface area contributed by atoms with Gasteiger partial charge < -0.3 is 10.6 Å². The van der Waals surface area contributed by atoms with Gasteiger partial charge in [0, 0.05) is 12.5 Å². The maximum absolute atomic E-state index is 11.8. The highest BCUT2D eigenvalue weighted by Gasteiger charge is 2.27. The molecule has 2 rings (SSSR count). The van der Waals surface area contributed by atoms with Gasteiger partial charge in [-0.15, -0.1) is 0 Å². The van der Waals surface area contributed by atoms with Crippen molar-refractivity contribution >= 4 is 5.91 Å². The number of amides is 1. The number of nitrogens with one attached hydrogen (secondary N) is 2. The molecule has 3 nitrogen and oxygen atoms in total. The van der Waals surface area contributed by atoms with Crippen molar-refractivity contribution in [3.63, 3.8) is 0 Å². The van der Waals surface area contributed by atoms with Crippen LogP contribution in [0.3, 0.4) is 0 Å². The average Bonchev–Trinajstić information content (AvgIpc) is 2.16. The molecule has 16 heavy (non-hydrogen) atoms. The first-order chi connectivity index (χ1) is 7.65. The molecule has 2 N–H and O–H groups in total. The molecule has 0 aromatic rings. The van der Waals surface area contributed by atoms with Gasteiger partial charge in [0.25, 0.3) is 0 Å². The van der Waals surface area contributed by atoms with Crippen LogP contribution in [-0.4, -0.2) is 25.0 Å². The quantitative estimate of drug-likeness (QED) is 0.763. The molecule has 0 spiro atoms. The maximum atomic E-state index is 11.8. The van der Waals surface area contributed by atoms with Gasteiger partial charge in [-0.2, -0.15) is 0 Å². The van der Waals surface area contributed by atoms with Crippen molar-refractivity contribution in [2.75, 3.05) is 13.1 Å². The summed E-state index contributed by atoms with van der Waals surface area (Å²) in [4.78, 5) is 11.8. The fourth-order valence-electron chi connectivity index (χ4n) is 2.90. The molecule has 2 fully saturated rings. The minimum absolute atomic E-state index is 0.262. The van der Waals surface area contributed by atoms with E-state index >= 15 is 0 Å². The lowest BCUT2D eigenvalue weighted by molar-refractivity contribution is -0.123. The van der Waals surface area contributed by atoms with Crippen molar-refractivity contribution in [3.8, 4) is 0 Å². The highest BCUT2D eigenvalue weighted by molar-refractivity contribution is 5.76. The number of hydrogen-bond donors (Lipinski definition) is 2. The molecule has 1 aliphatic carbocycles. The van der Waals surface area contributed by atoms with Crippen molar-refractivity contribution in [2.45, 2.75) is 45.6 Å². The van der Waals surface area contributed by atoms with Crippen molar-refractivity contribution in [3.05, 3.63) is 0 Å². The summed E-state index contributed by atoms with van der Waals surface area (Å²) < 4.78 is 0. The lowest BCUT2D eigenvalue weighted by atomic mass is 9.80. The molecule has 3 heteroatoms. The van der Waals surface area contributed by atoms with Gasteiger partial charge in [-0.1, -0.05) is 13.8 Å². The van der Waals surface area contributed by atoms with Crippen molar-refractivity contribution < 1.29 is 4.79 Å². The van der Waals surface area contributed by atoms with Crippen LogP contribution in [0.1, 0.15) is 39.5 Å². The van der Waals surface area contributed by atoms with Crippen LogP contribution in [0.5, 0.6) is 0 Å². The van der Waals surface area contributed by atoms with Gasteiger partial charge in [-0.3, -0.25) is 4.79 Å². The molecule has 3 atom stereocenters. The van der Waals surface area contributed by atoms with Gasteiger partial charge in [0.05, 0.1) is 0 Å². The number of carbonyl (C=O) groups excluding carboxylic acids is 1. The zero-order chi connectivity index (χ0) is 11.5. The van der Waals surface area contributed by atoms with Crippen LogP contribution in [0.4, 0.5) is 0 Å². The highest BCUT2D eigenvalue weighted by atomic mass is 16.1. The van der Waals surface area contributed by atoms with Gasteiger partial charge in [-0.25, -0.2) is 0 Å². The Kier molecular flexibility index (Phi) is 3.85. The highest BCUT2D eigenvalue weighted by Crippen LogP contribution is 2.28. The molecule has 92 valence electrons. The van der Waals surface area contributed by atoms with Crippen LogP contribution >= 0.6 is 0 Å². The number of carbonyl (C=O) groups is 1. The molecular weight excluding hydrogens is 200 g/mol. The summed E-state index contributed by atoms with van der Waals surface area (Å²) in [5.74, 6) is 2.32. The zero-order valence-corrected chi connectivity index (χ0v) is 10.5. The summed E-state index contributed by atoms with van der Waals surface area (Å²) in [5.41, 5.74) is 0. The van der Waals surface area contributed by atoms with Gasteiger partial charge in [0.2, 0.25) is 5.91 Å². The Balaban J connectivity index is 1.73. The van der Waals surface area contributed by atoms with Crippen molar-refractivity contribution in [2.24, 2.45) is 17.8 Å². The first-order valence-corrected chi connectivity index (χ1v) is 6.65. The van der Waals surface area contributed by atoms with Gasteiger partial charge in [-0.05, 0) is 50.1 Å². The Morgan fingerprint density at radius 3 is 2.62 bits per heavy atom. The minimum Gasteiger partial charge on any atom is -0.353 e. The molecule has 1 aliphatic heterocycles. The molecule has 2 aliphatic rings. The van der Waals surface area contributed by atoms with Crippen molar-refractivity contribution in [1.82, 2.24) is 10.6 Å². The normalized spacial score (nSPS) is 35.5. The molecule has 1 saturated carbocycles. The van der Waals surface area contributed by atoms with Crippen LogP contribution in [0.2, 0.25) is 0 Å². The Labute approximate surface area is 98.4 Å². The van der Waals surface area contributed by atoms with E-state index in [9.17, 15) is 4.79 Å². The van der Waals surface area contributed by atoms with E-state index in [-0.39, 0.29) is 5.91 Å². The van der Waals surface area contributed by atoms with E-state index in [1.165, 1.54) is 12.8 Å². The van der Waals surface area contributed by atoms with E-state index in [0.717, 1.165) is 25.4 Å². The van der Waals surface area contributed by atoms with E-state index in [1.54, 1.807) is 0 Å². The molecule has 0 radical (unpaired) electrons. The molecule has 0 aromatic carbocycles. The standard InChI is InChI=1S/C13H24N2O/c1-9-3-4-12(10(2)5-9)15-13(16)6-11-7-14-8-11/h9-12,14H,3-8H2,1-2H3,(H,15,16). The molecule has 1 amide bonds. The first-order valence-electron chi connectivity index (χ1n) is 6.65. The van der Waals surface area contributed by atoms with E-state index in [0.29, 0.717) is 24.3 Å². The number of rotatable bonds is 3. The summed E-state index contributed by atoms with van der Waals surface area (Å²) >= 11 is 0. The lowest BCUT2D eigenvalue weighted by Gasteiger charge is -2.34. The Bertz CT molecular complexity index is 250. The summed E-state index contributed by atoms with van der Waals surface area (Å²) in [6.07, 6.45) is 4.40. The Hall–Kier alpha value is -0.570. The molecule has 1 heterocycles. The van der Waals surface area contributed by atoms with Gasteiger partial charge >= 0.3 is 0 Å². The monoisotopic (exact) mass is 224 g/mol. The lowest BCUT2D eigenvalue weighted by Crippen LogP contribution is -2.47. The third kappa shape index (κ3) is 2.97. The summed E-state index contributed by atoms with van der Waals surface area (Å²) in [5, 5.41) is 6.43. The van der Waals surface area contributed by atoms with Gasteiger partial charge in [0.15, 0.2) is 0 Å². The third-order valence-corrected chi connectivity index (χ3v) is 4.12.